The van der Waals surface area contributed by atoms with Gasteiger partial charge in [-0.15, -0.1) is 11.3 Å². The van der Waals surface area contributed by atoms with Crippen LogP contribution in [0.4, 0.5) is 5.69 Å². The molecule has 0 spiro atoms. The molecule has 2 aromatic carbocycles. The minimum Gasteiger partial charge on any atom is -0.489 e. The van der Waals surface area contributed by atoms with Crippen LogP contribution in [0.5, 0.6) is 5.75 Å². The Morgan fingerprint density at radius 2 is 1.97 bits per heavy atom. The van der Waals surface area contributed by atoms with Crippen LogP contribution in [0.2, 0.25) is 5.02 Å². The quantitative estimate of drug-likeness (QED) is 0.416. The molecule has 0 atom stereocenters. The lowest BCUT2D eigenvalue weighted by Gasteiger charge is -2.09. The van der Waals surface area contributed by atoms with Crippen molar-refractivity contribution in [2.24, 2.45) is 0 Å². The van der Waals surface area contributed by atoms with Crippen molar-refractivity contribution in [1.82, 2.24) is 4.98 Å². The molecule has 0 aliphatic heterocycles. The number of halogens is 1. The molecule has 8 heteroatoms. The topological polar surface area (TPSA) is 88.5 Å². The largest absolute Gasteiger partial charge is 0.489 e. The first-order chi connectivity index (χ1) is 14.5. The van der Waals surface area contributed by atoms with Crippen LogP contribution in [0.25, 0.3) is 10.1 Å². The lowest BCUT2D eigenvalue weighted by molar-refractivity contribution is 0.0698. The molecule has 0 radical (unpaired) electrons. The molecular formula is C22H15ClN2O4S. The predicted molar refractivity (Wildman–Crippen MR) is 117 cm³/mol. The maximum atomic E-state index is 12.4. The number of ether oxygens (including phenoxy) is 1. The Morgan fingerprint density at radius 1 is 1.13 bits per heavy atom. The lowest BCUT2D eigenvalue weighted by Crippen LogP contribution is -2.11. The van der Waals surface area contributed by atoms with Gasteiger partial charge in [-0.2, -0.15) is 0 Å². The summed E-state index contributed by atoms with van der Waals surface area (Å²) in [7, 11) is 0. The molecule has 2 heterocycles. The minimum absolute atomic E-state index is 0.175. The van der Waals surface area contributed by atoms with Crippen molar-refractivity contribution in [3.05, 3.63) is 88.0 Å². The van der Waals surface area contributed by atoms with E-state index in [1.807, 2.05) is 5.38 Å². The van der Waals surface area contributed by atoms with E-state index in [0.29, 0.717) is 26.7 Å². The van der Waals surface area contributed by atoms with E-state index >= 15 is 0 Å². The van der Waals surface area contributed by atoms with Gasteiger partial charge >= 0.3 is 5.97 Å². The van der Waals surface area contributed by atoms with E-state index < -0.39 is 5.97 Å². The highest BCUT2D eigenvalue weighted by atomic mass is 35.5. The van der Waals surface area contributed by atoms with Crippen LogP contribution in [-0.4, -0.2) is 22.0 Å². The second-order valence-electron chi connectivity index (χ2n) is 6.41. The summed E-state index contributed by atoms with van der Waals surface area (Å²) in [6.45, 7) is 0.246. The van der Waals surface area contributed by atoms with Crippen molar-refractivity contribution < 1.29 is 19.4 Å². The predicted octanol–water partition coefficient (Wildman–Crippen LogP) is 5.48. The van der Waals surface area contributed by atoms with Gasteiger partial charge in [0.1, 0.15) is 12.4 Å². The van der Waals surface area contributed by atoms with Crippen molar-refractivity contribution in [1.29, 1.82) is 0 Å². The fourth-order valence-corrected chi connectivity index (χ4v) is 4.14. The number of carbonyl (C=O) groups is 2. The molecule has 6 nitrogen and oxygen atoms in total. The highest BCUT2D eigenvalue weighted by Crippen LogP contribution is 2.29. The Morgan fingerprint density at radius 3 is 2.77 bits per heavy atom. The average molecular weight is 439 g/mol. The summed E-state index contributed by atoms with van der Waals surface area (Å²) in [5.74, 6) is -0.711. The number of hydrogen-bond donors (Lipinski definition) is 2. The summed E-state index contributed by atoms with van der Waals surface area (Å²) in [6, 6.07) is 13.7. The molecule has 0 bridgehead atoms. The summed E-state index contributed by atoms with van der Waals surface area (Å²) in [6.07, 6.45) is 2.98. The van der Waals surface area contributed by atoms with Gasteiger partial charge in [-0.25, -0.2) is 4.79 Å². The second-order valence-corrected chi connectivity index (χ2v) is 7.73. The molecule has 0 aliphatic carbocycles. The standard InChI is InChI=1S/C22H15ClN2O4S/c23-15-4-1-3-13(7-15)21(26)25-16-5-2-6-17(8-16)29-11-14-12-30-20-18(14)9-24-10-19(20)22(27)28/h1-10,12H,11H2,(H,25,26)(H,27,28). The van der Waals surface area contributed by atoms with Crippen molar-refractivity contribution in [2.75, 3.05) is 5.32 Å². The molecule has 150 valence electrons. The molecule has 30 heavy (non-hydrogen) atoms. The molecule has 2 N–H and O–H groups in total. The number of aromatic nitrogens is 1. The first kappa shape index (κ1) is 19.9. The van der Waals surface area contributed by atoms with Gasteiger partial charge in [0.25, 0.3) is 5.91 Å². The van der Waals surface area contributed by atoms with Gasteiger partial charge in [0.15, 0.2) is 0 Å². The van der Waals surface area contributed by atoms with Gasteiger partial charge in [0.2, 0.25) is 0 Å². The van der Waals surface area contributed by atoms with Crippen LogP contribution >= 0.6 is 22.9 Å². The SMILES string of the molecule is O=C(Nc1cccc(OCc2csc3c(C(=O)O)cncc23)c1)c1cccc(Cl)c1. The molecule has 4 rings (SSSR count). The molecule has 0 saturated carbocycles. The zero-order chi connectivity index (χ0) is 21.1. The fourth-order valence-electron chi connectivity index (χ4n) is 2.92. The van der Waals surface area contributed by atoms with Gasteiger partial charge < -0.3 is 15.2 Å². The number of nitrogens with zero attached hydrogens (tertiary/aromatic N) is 1. The van der Waals surface area contributed by atoms with Crippen LogP contribution in [0, 0.1) is 0 Å². The molecule has 0 saturated heterocycles. The number of nitrogens with one attached hydrogen (secondary N) is 1. The van der Waals surface area contributed by atoms with Crippen molar-refractivity contribution in [3.8, 4) is 5.75 Å². The average Bonchev–Trinajstić information content (AvgIpc) is 3.15. The highest BCUT2D eigenvalue weighted by molar-refractivity contribution is 7.17. The number of aromatic carboxylic acids is 1. The van der Waals surface area contributed by atoms with E-state index in [4.69, 9.17) is 16.3 Å². The van der Waals surface area contributed by atoms with E-state index in [0.717, 1.165) is 10.9 Å². The Bertz CT molecular complexity index is 1250. The van der Waals surface area contributed by atoms with Crippen molar-refractivity contribution in [3.63, 3.8) is 0 Å². The molecule has 0 aliphatic rings. The highest BCUT2D eigenvalue weighted by Gasteiger charge is 2.14. The van der Waals surface area contributed by atoms with E-state index in [9.17, 15) is 14.7 Å². The number of hydrogen-bond acceptors (Lipinski definition) is 5. The smallest absolute Gasteiger partial charge is 0.338 e. The van der Waals surface area contributed by atoms with Gasteiger partial charge in [-0.3, -0.25) is 9.78 Å². The number of anilines is 1. The van der Waals surface area contributed by atoms with Crippen LogP contribution in [0.15, 0.2) is 66.3 Å². The van der Waals surface area contributed by atoms with Crippen molar-refractivity contribution >= 4 is 50.6 Å². The number of rotatable bonds is 6. The Labute approximate surface area is 180 Å². The molecule has 4 aromatic rings. The summed E-state index contributed by atoms with van der Waals surface area (Å²) in [5, 5.41) is 15.2. The van der Waals surface area contributed by atoms with E-state index in [-0.39, 0.29) is 18.1 Å². The van der Waals surface area contributed by atoms with E-state index in [1.165, 1.54) is 17.5 Å². The number of fused-ring (bicyclic) bond motifs is 1. The summed E-state index contributed by atoms with van der Waals surface area (Å²) in [5.41, 5.74) is 2.07. The van der Waals surface area contributed by atoms with Crippen LogP contribution < -0.4 is 10.1 Å². The summed E-state index contributed by atoms with van der Waals surface area (Å²) >= 11 is 7.29. The lowest BCUT2D eigenvalue weighted by atomic mass is 10.2. The first-order valence-electron chi connectivity index (χ1n) is 8.88. The first-order valence-corrected chi connectivity index (χ1v) is 10.1. The number of thiophene rings is 1. The van der Waals surface area contributed by atoms with Crippen LogP contribution in [0.1, 0.15) is 26.3 Å². The Kier molecular flexibility index (Phi) is 5.65. The molecule has 2 aromatic heterocycles. The van der Waals surface area contributed by atoms with Crippen molar-refractivity contribution in [2.45, 2.75) is 6.61 Å². The third-order valence-electron chi connectivity index (χ3n) is 4.36. The summed E-state index contributed by atoms with van der Waals surface area (Å²) < 4.78 is 6.53. The molecule has 0 unspecified atom stereocenters. The fraction of sp³-hybridized carbons (Fsp3) is 0.0455. The van der Waals surface area contributed by atoms with Gasteiger partial charge in [0, 0.05) is 45.7 Å². The number of benzene rings is 2. The number of pyridine rings is 1. The zero-order valence-corrected chi connectivity index (χ0v) is 17.0. The van der Waals surface area contributed by atoms with Gasteiger partial charge in [-0.05, 0) is 35.7 Å². The van der Waals surface area contributed by atoms with Gasteiger partial charge in [-0.1, -0.05) is 23.7 Å². The van der Waals surface area contributed by atoms with Gasteiger partial charge in [0.05, 0.1) is 10.3 Å². The number of amides is 1. The maximum absolute atomic E-state index is 12.4. The number of carboxylic acids is 1. The third-order valence-corrected chi connectivity index (χ3v) is 5.68. The summed E-state index contributed by atoms with van der Waals surface area (Å²) in [4.78, 5) is 27.8. The zero-order valence-electron chi connectivity index (χ0n) is 15.5. The third kappa shape index (κ3) is 4.27. The van der Waals surface area contributed by atoms with E-state index in [2.05, 4.69) is 10.3 Å². The van der Waals surface area contributed by atoms with Crippen LogP contribution in [-0.2, 0) is 6.61 Å². The van der Waals surface area contributed by atoms with Crippen LogP contribution in [0.3, 0.4) is 0 Å². The number of carbonyl (C=O) groups excluding carboxylic acids is 1. The molecule has 1 amide bonds. The monoisotopic (exact) mass is 438 g/mol. The second kappa shape index (κ2) is 8.52. The minimum atomic E-state index is -1.01. The Hall–Kier alpha value is -3.42. The normalized spacial score (nSPS) is 10.7. The number of carboxylic acid groups (broad SMARTS) is 1. The Balaban J connectivity index is 1.48. The maximum Gasteiger partial charge on any atom is 0.338 e. The van der Waals surface area contributed by atoms with E-state index in [1.54, 1.807) is 54.7 Å². The molecular weight excluding hydrogens is 424 g/mol. The molecule has 0 fully saturated rings.